The summed E-state index contributed by atoms with van der Waals surface area (Å²) in [6, 6.07) is 19.5. The Bertz CT molecular complexity index is 1120. The van der Waals surface area contributed by atoms with Crippen LogP contribution in [0, 0.1) is 5.92 Å². The SMILES string of the molecule is C=CCN1CC[C@@]2(c3cccc(OC)c3)C[C@@H](N(CC(C)C)C(=O)CCCCCc3ccccc3)CC[C@]2(OC)C1. The number of unbranched alkanes of at least 4 members (excludes halogenated alkanes) is 2. The van der Waals surface area contributed by atoms with Crippen LogP contribution in [-0.4, -0.2) is 67.7 Å². The second-order valence-electron chi connectivity index (χ2n) is 12.7. The second-order valence-corrected chi connectivity index (χ2v) is 12.7. The van der Waals surface area contributed by atoms with Gasteiger partial charge in [-0.25, -0.2) is 0 Å². The molecule has 41 heavy (non-hydrogen) atoms. The van der Waals surface area contributed by atoms with E-state index >= 15 is 0 Å². The second kappa shape index (κ2) is 14.5. The first-order valence-electron chi connectivity index (χ1n) is 15.7. The highest BCUT2D eigenvalue weighted by Gasteiger charge is 2.59. The Labute approximate surface area is 248 Å². The Kier molecular flexibility index (Phi) is 11.1. The largest absolute Gasteiger partial charge is 0.497 e. The number of fused-ring (bicyclic) bond motifs is 1. The third-order valence-electron chi connectivity index (χ3n) is 9.59. The summed E-state index contributed by atoms with van der Waals surface area (Å²) in [4.78, 5) is 18.6. The van der Waals surface area contributed by atoms with Crippen LogP contribution in [0.1, 0.15) is 76.3 Å². The van der Waals surface area contributed by atoms with Gasteiger partial charge in [0.2, 0.25) is 5.91 Å². The van der Waals surface area contributed by atoms with Crippen molar-refractivity contribution < 1.29 is 14.3 Å². The van der Waals surface area contributed by atoms with E-state index in [1.807, 2.05) is 19.3 Å². The van der Waals surface area contributed by atoms with Crippen LogP contribution >= 0.6 is 0 Å². The highest BCUT2D eigenvalue weighted by Crippen LogP contribution is 2.54. The predicted molar refractivity (Wildman–Crippen MR) is 168 cm³/mol. The van der Waals surface area contributed by atoms with Gasteiger partial charge in [0.1, 0.15) is 5.75 Å². The zero-order valence-corrected chi connectivity index (χ0v) is 25.9. The molecule has 1 heterocycles. The van der Waals surface area contributed by atoms with Crippen molar-refractivity contribution in [2.75, 3.05) is 40.4 Å². The van der Waals surface area contributed by atoms with Gasteiger partial charge in [0.25, 0.3) is 0 Å². The lowest BCUT2D eigenvalue weighted by molar-refractivity contribution is -0.161. The summed E-state index contributed by atoms with van der Waals surface area (Å²) < 4.78 is 12.2. The number of methoxy groups -OCH3 is 2. The van der Waals surface area contributed by atoms with Gasteiger partial charge in [-0.05, 0) is 80.7 Å². The van der Waals surface area contributed by atoms with Crippen LogP contribution < -0.4 is 4.74 Å². The molecule has 2 aromatic carbocycles. The molecule has 0 unspecified atom stereocenters. The van der Waals surface area contributed by atoms with E-state index in [-0.39, 0.29) is 17.1 Å². The molecule has 1 aliphatic carbocycles. The van der Waals surface area contributed by atoms with Gasteiger partial charge in [0, 0.05) is 44.6 Å². The van der Waals surface area contributed by atoms with Crippen LogP contribution in [0.15, 0.2) is 67.3 Å². The maximum Gasteiger partial charge on any atom is 0.222 e. The van der Waals surface area contributed by atoms with E-state index in [4.69, 9.17) is 9.47 Å². The Morgan fingerprint density at radius 1 is 1.10 bits per heavy atom. The smallest absolute Gasteiger partial charge is 0.222 e. The molecule has 1 aliphatic heterocycles. The fraction of sp³-hybridized carbons (Fsp3) is 0.583. The number of carbonyl (C=O) groups is 1. The molecule has 2 aliphatic rings. The third kappa shape index (κ3) is 7.24. The van der Waals surface area contributed by atoms with Gasteiger partial charge in [0.15, 0.2) is 0 Å². The lowest BCUT2D eigenvalue weighted by atomic mass is 9.55. The van der Waals surface area contributed by atoms with Gasteiger partial charge in [-0.2, -0.15) is 0 Å². The van der Waals surface area contributed by atoms with E-state index in [2.05, 4.69) is 78.8 Å². The Morgan fingerprint density at radius 3 is 2.61 bits per heavy atom. The van der Waals surface area contributed by atoms with E-state index in [1.165, 1.54) is 11.1 Å². The summed E-state index contributed by atoms with van der Waals surface area (Å²) in [5.41, 5.74) is 2.15. The minimum Gasteiger partial charge on any atom is -0.497 e. The molecule has 224 valence electrons. The van der Waals surface area contributed by atoms with E-state index < -0.39 is 0 Å². The van der Waals surface area contributed by atoms with Gasteiger partial charge < -0.3 is 14.4 Å². The summed E-state index contributed by atoms with van der Waals surface area (Å²) >= 11 is 0. The number of ether oxygens (including phenoxy) is 2. The van der Waals surface area contributed by atoms with Crippen molar-refractivity contribution in [2.45, 2.75) is 88.7 Å². The topological polar surface area (TPSA) is 42.0 Å². The Balaban J connectivity index is 1.54. The molecule has 5 nitrogen and oxygen atoms in total. The molecule has 2 aromatic rings. The number of nitrogens with zero attached hydrogens (tertiary/aromatic N) is 2. The Morgan fingerprint density at radius 2 is 1.90 bits per heavy atom. The molecule has 5 heteroatoms. The first-order chi connectivity index (χ1) is 19.9. The number of hydrogen-bond acceptors (Lipinski definition) is 4. The minimum absolute atomic E-state index is 0.192. The molecule has 1 saturated carbocycles. The third-order valence-corrected chi connectivity index (χ3v) is 9.59. The van der Waals surface area contributed by atoms with Crippen molar-refractivity contribution in [2.24, 2.45) is 5.92 Å². The highest BCUT2D eigenvalue weighted by atomic mass is 16.5. The van der Waals surface area contributed by atoms with Gasteiger partial charge >= 0.3 is 0 Å². The van der Waals surface area contributed by atoms with Crippen LogP contribution in [-0.2, 0) is 21.4 Å². The number of carbonyl (C=O) groups excluding carboxylic acids is 1. The lowest BCUT2D eigenvalue weighted by Gasteiger charge is -2.60. The molecule has 0 radical (unpaired) electrons. The standard InChI is InChI=1S/C36H52N2O3/c1-6-23-37-24-22-35(31-17-13-18-33(25-31)40-4)26-32(20-21-36(35,28-37)41-5)38(27-29(2)3)34(39)19-12-8-11-16-30-14-9-7-10-15-30/h6-7,9-10,13-15,17-18,25,29,32H,1,8,11-12,16,19-24,26-28H2,2-5H3/t32-,35-,36-/m0/s1. The number of aryl methyl sites for hydroxylation is 1. The predicted octanol–water partition coefficient (Wildman–Crippen LogP) is 7.05. The summed E-state index contributed by atoms with van der Waals surface area (Å²) in [5, 5.41) is 0. The highest BCUT2D eigenvalue weighted by molar-refractivity contribution is 5.76. The van der Waals surface area contributed by atoms with Crippen LogP contribution in [0.4, 0.5) is 0 Å². The first kappa shape index (κ1) is 31.3. The van der Waals surface area contributed by atoms with Crippen LogP contribution in [0.3, 0.4) is 0 Å². The van der Waals surface area contributed by atoms with Crippen molar-refractivity contribution in [3.8, 4) is 5.75 Å². The van der Waals surface area contributed by atoms with E-state index in [1.54, 1.807) is 7.11 Å². The summed E-state index contributed by atoms with van der Waals surface area (Å²) in [7, 11) is 3.62. The van der Waals surface area contributed by atoms with Crippen LogP contribution in [0.5, 0.6) is 5.75 Å². The van der Waals surface area contributed by atoms with Crippen molar-refractivity contribution in [1.29, 1.82) is 0 Å². The molecule has 1 saturated heterocycles. The molecule has 0 aromatic heterocycles. The van der Waals surface area contributed by atoms with E-state index in [0.29, 0.717) is 18.2 Å². The molecule has 0 bridgehead atoms. The van der Waals surface area contributed by atoms with Gasteiger partial charge in [0.05, 0.1) is 12.7 Å². The zero-order chi connectivity index (χ0) is 29.3. The fourth-order valence-electron chi connectivity index (χ4n) is 7.51. The van der Waals surface area contributed by atoms with Gasteiger partial charge in [-0.15, -0.1) is 6.58 Å². The summed E-state index contributed by atoms with van der Waals surface area (Å²) in [5.74, 6) is 1.62. The van der Waals surface area contributed by atoms with Crippen molar-refractivity contribution in [3.63, 3.8) is 0 Å². The van der Waals surface area contributed by atoms with Gasteiger partial charge in [-0.3, -0.25) is 9.69 Å². The molecule has 4 rings (SSSR count). The number of benzene rings is 2. The normalized spacial score (nSPS) is 24.6. The average Bonchev–Trinajstić information content (AvgIpc) is 3.00. The quantitative estimate of drug-likeness (QED) is 0.183. The molecule has 3 atom stereocenters. The lowest BCUT2D eigenvalue weighted by Crippen LogP contribution is -2.68. The first-order valence-corrected chi connectivity index (χ1v) is 15.7. The van der Waals surface area contributed by atoms with Crippen LogP contribution in [0.25, 0.3) is 0 Å². The molecular weight excluding hydrogens is 508 g/mol. The molecule has 1 amide bonds. The monoisotopic (exact) mass is 560 g/mol. The molecule has 0 N–H and O–H groups in total. The molecule has 0 spiro atoms. The maximum atomic E-state index is 13.9. The number of hydrogen-bond donors (Lipinski definition) is 0. The number of rotatable bonds is 14. The van der Waals surface area contributed by atoms with Crippen molar-refractivity contribution in [3.05, 3.63) is 78.4 Å². The van der Waals surface area contributed by atoms with E-state index in [0.717, 1.165) is 83.3 Å². The number of piperidine rings is 1. The molecular formula is C36H52N2O3. The van der Waals surface area contributed by atoms with Crippen molar-refractivity contribution >= 4 is 5.91 Å². The zero-order valence-electron chi connectivity index (χ0n) is 25.9. The fourth-order valence-corrected chi connectivity index (χ4v) is 7.51. The van der Waals surface area contributed by atoms with Crippen LogP contribution in [0.2, 0.25) is 0 Å². The maximum absolute atomic E-state index is 13.9. The Hall–Kier alpha value is -2.63. The number of likely N-dealkylation sites (tertiary alicyclic amines) is 1. The average molecular weight is 561 g/mol. The summed E-state index contributed by atoms with van der Waals surface area (Å²) in [6.07, 6.45) is 10.7. The molecule has 2 fully saturated rings. The van der Waals surface area contributed by atoms with Crippen molar-refractivity contribution in [1.82, 2.24) is 9.80 Å². The minimum atomic E-state index is -0.318. The number of amides is 1. The summed E-state index contributed by atoms with van der Waals surface area (Å²) in [6.45, 7) is 12.0. The van der Waals surface area contributed by atoms with Gasteiger partial charge in [-0.1, -0.05) is 68.8 Å². The van der Waals surface area contributed by atoms with E-state index in [9.17, 15) is 4.79 Å².